The number of alkyl halides is 3. The number of ether oxygens (including phenoxy) is 1. The number of halogens is 3. The SMILES string of the molecule is NCc1ccc(C(=O)NCc2cccnc2Oc2cccc(C(F)(F)F)c2)cc1. The first-order chi connectivity index (χ1) is 13.9. The van der Waals surface area contributed by atoms with E-state index >= 15 is 0 Å². The molecule has 0 radical (unpaired) electrons. The molecule has 1 heterocycles. The van der Waals surface area contributed by atoms with Crippen LogP contribution in [0.2, 0.25) is 0 Å². The van der Waals surface area contributed by atoms with Gasteiger partial charge in [-0.15, -0.1) is 0 Å². The summed E-state index contributed by atoms with van der Waals surface area (Å²) in [6.45, 7) is 0.480. The van der Waals surface area contributed by atoms with E-state index in [0.717, 1.165) is 17.7 Å². The molecule has 0 fully saturated rings. The van der Waals surface area contributed by atoms with Crippen LogP contribution in [0.5, 0.6) is 11.6 Å². The monoisotopic (exact) mass is 401 g/mol. The summed E-state index contributed by atoms with van der Waals surface area (Å²) < 4.78 is 44.2. The van der Waals surface area contributed by atoms with Crippen LogP contribution in [0.15, 0.2) is 66.9 Å². The summed E-state index contributed by atoms with van der Waals surface area (Å²) in [4.78, 5) is 16.4. The van der Waals surface area contributed by atoms with Gasteiger partial charge in [-0.2, -0.15) is 13.2 Å². The van der Waals surface area contributed by atoms with Crippen molar-refractivity contribution in [3.8, 4) is 11.6 Å². The van der Waals surface area contributed by atoms with E-state index in [0.29, 0.717) is 17.7 Å². The van der Waals surface area contributed by atoms with Crippen molar-refractivity contribution in [2.24, 2.45) is 5.73 Å². The van der Waals surface area contributed by atoms with Crippen LogP contribution < -0.4 is 15.8 Å². The van der Waals surface area contributed by atoms with Crippen molar-refractivity contribution < 1.29 is 22.7 Å². The molecule has 0 aliphatic carbocycles. The highest BCUT2D eigenvalue weighted by atomic mass is 19.4. The smallest absolute Gasteiger partial charge is 0.416 e. The summed E-state index contributed by atoms with van der Waals surface area (Å²) in [5.41, 5.74) is 6.62. The molecule has 1 aromatic heterocycles. The second-order valence-electron chi connectivity index (χ2n) is 6.18. The fourth-order valence-corrected chi connectivity index (χ4v) is 2.57. The van der Waals surface area contributed by atoms with Crippen molar-refractivity contribution in [1.29, 1.82) is 0 Å². The summed E-state index contributed by atoms with van der Waals surface area (Å²) >= 11 is 0. The van der Waals surface area contributed by atoms with Crippen molar-refractivity contribution >= 4 is 5.91 Å². The summed E-state index contributed by atoms with van der Waals surface area (Å²) in [7, 11) is 0. The quantitative estimate of drug-likeness (QED) is 0.646. The van der Waals surface area contributed by atoms with E-state index in [1.165, 1.54) is 18.3 Å². The largest absolute Gasteiger partial charge is 0.439 e. The number of aromatic nitrogens is 1. The van der Waals surface area contributed by atoms with Crippen molar-refractivity contribution in [2.75, 3.05) is 0 Å². The first kappa shape index (κ1) is 20.3. The molecule has 3 N–H and O–H groups in total. The average molecular weight is 401 g/mol. The Hall–Kier alpha value is -3.39. The molecule has 5 nitrogen and oxygen atoms in total. The fraction of sp³-hybridized carbons (Fsp3) is 0.143. The number of amides is 1. The molecule has 0 saturated heterocycles. The lowest BCUT2D eigenvalue weighted by Crippen LogP contribution is -2.23. The minimum atomic E-state index is -4.47. The molecular weight excluding hydrogens is 383 g/mol. The van der Waals surface area contributed by atoms with Crippen LogP contribution in [0.25, 0.3) is 0 Å². The summed E-state index contributed by atoms with van der Waals surface area (Å²) in [6.07, 6.45) is -3.01. The minimum Gasteiger partial charge on any atom is -0.439 e. The van der Waals surface area contributed by atoms with Gasteiger partial charge in [0.25, 0.3) is 5.91 Å². The first-order valence-electron chi connectivity index (χ1n) is 8.73. The van der Waals surface area contributed by atoms with Crippen molar-refractivity contribution in [3.63, 3.8) is 0 Å². The zero-order valence-corrected chi connectivity index (χ0v) is 15.2. The number of hydrogen-bond donors (Lipinski definition) is 2. The molecular formula is C21H18F3N3O2. The lowest BCUT2D eigenvalue weighted by molar-refractivity contribution is -0.137. The number of hydrogen-bond acceptors (Lipinski definition) is 4. The van der Waals surface area contributed by atoms with Gasteiger partial charge in [0.15, 0.2) is 0 Å². The summed E-state index contributed by atoms with van der Waals surface area (Å²) in [5.74, 6) is -0.184. The normalized spacial score (nSPS) is 11.2. The lowest BCUT2D eigenvalue weighted by atomic mass is 10.1. The molecule has 1 amide bonds. The molecule has 0 spiro atoms. The second kappa shape index (κ2) is 8.74. The third-order valence-electron chi connectivity index (χ3n) is 4.12. The van der Waals surface area contributed by atoms with Gasteiger partial charge in [-0.3, -0.25) is 4.79 Å². The topological polar surface area (TPSA) is 77.2 Å². The van der Waals surface area contributed by atoms with Gasteiger partial charge >= 0.3 is 6.18 Å². The van der Waals surface area contributed by atoms with E-state index < -0.39 is 11.7 Å². The Kier molecular flexibility index (Phi) is 6.13. The predicted octanol–water partition coefficient (Wildman–Crippen LogP) is 4.28. The predicted molar refractivity (Wildman–Crippen MR) is 101 cm³/mol. The molecule has 150 valence electrons. The Balaban J connectivity index is 1.71. The molecule has 0 aliphatic rings. The van der Waals surface area contributed by atoms with E-state index in [4.69, 9.17) is 10.5 Å². The number of carbonyl (C=O) groups is 1. The van der Waals surface area contributed by atoms with E-state index in [9.17, 15) is 18.0 Å². The van der Waals surface area contributed by atoms with E-state index in [1.807, 2.05) is 0 Å². The Morgan fingerprint density at radius 1 is 1.07 bits per heavy atom. The third-order valence-corrected chi connectivity index (χ3v) is 4.12. The molecule has 0 saturated carbocycles. The summed E-state index contributed by atoms with van der Waals surface area (Å²) in [5, 5.41) is 2.74. The maximum atomic E-state index is 12.9. The van der Waals surface area contributed by atoms with Crippen LogP contribution >= 0.6 is 0 Å². The Morgan fingerprint density at radius 2 is 1.83 bits per heavy atom. The molecule has 3 rings (SSSR count). The van der Waals surface area contributed by atoms with E-state index in [-0.39, 0.29) is 24.1 Å². The van der Waals surface area contributed by atoms with Gasteiger partial charge in [0.2, 0.25) is 5.88 Å². The number of nitrogens with zero attached hydrogens (tertiary/aromatic N) is 1. The third kappa shape index (κ3) is 5.32. The molecule has 0 unspecified atom stereocenters. The van der Waals surface area contributed by atoms with Crippen LogP contribution in [0.3, 0.4) is 0 Å². The van der Waals surface area contributed by atoms with Crippen LogP contribution in [0, 0.1) is 0 Å². The maximum Gasteiger partial charge on any atom is 0.416 e. The molecule has 0 bridgehead atoms. The zero-order chi connectivity index (χ0) is 20.9. The van der Waals surface area contributed by atoms with Gasteiger partial charge in [-0.25, -0.2) is 4.98 Å². The number of pyridine rings is 1. The number of rotatable bonds is 6. The van der Waals surface area contributed by atoms with Gasteiger partial charge in [0, 0.05) is 30.4 Å². The van der Waals surface area contributed by atoms with Crippen LogP contribution in [0.4, 0.5) is 13.2 Å². The second-order valence-corrected chi connectivity index (χ2v) is 6.18. The molecule has 2 aromatic carbocycles. The van der Waals surface area contributed by atoms with Crippen LogP contribution in [-0.2, 0) is 19.3 Å². The number of nitrogens with one attached hydrogen (secondary N) is 1. The average Bonchev–Trinajstić information content (AvgIpc) is 2.72. The Morgan fingerprint density at radius 3 is 2.52 bits per heavy atom. The highest BCUT2D eigenvalue weighted by molar-refractivity contribution is 5.94. The molecule has 3 aromatic rings. The van der Waals surface area contributed by atoms with Crippen LogP contribution in [0.1, 0.15) is 27.0 Å². The van der Waals surface area contributed by atoms with Crippen LogP contribution in [-0.4, -0.2) is 10.9 Å². The van der Waals surface area contributed by atoms with E-state index in [2.05, 4.69) is 10.3 Å². The summed E-state index contributed by atoms with van der Waals surface area (Å²) in [6, 6.07) is 14.7. The number of nitrogens with two attached hydrogens (primary N) is 1. The maximum absolute atomic E-state index is 12.9. The first-order valence-corrected chi connectivity index (χ1v) is 8.73. The van der Waals surface area contributed by atoms with E-state index in [1.54, 1.807) is 36.4 Å². The highest BCUT2D eigenvalue weighted by Crippen LogP contribution is 2.32. The van der Waals surface area contributed by atoms with Gasteiger partial charge in [0.1, 0.15) is 5.75 Å². The van der Waals surface area contributed by atoms with Gasteiger partial charge in [-0.1, -0.05) is 24.3 Å². The van der Waals surface area contributed by atoms with Gasteiger partial charge in [-0.05, 0) is 42.0 Å². The number of carbonyl (C=O) groups excluding carboxylic acids is 1. The standard InChI is InChI=1S/C21H18F3N3O2/c22-21(23,24)17-4-1-5-18(11-17)29-20-16(3-2-10-26-20)13-27-19(28)15-8-6-14(12-25)7-9-15/h1-11H,12-13,25H2,(H,27,28). The fourth-order valence-electron chi connectivity index (χ4n) is 2.57. The molecule has 29 heavy (non-hydrogen) atoms. The van der Waals surface area contributed by atoms with Crippen molar-refractivity contribution in [1.82, 2.24) is 10.3 Å². The van der Waals surface area contributed by atoms with Gasteiger partial charge in [0.05, 0.1) is 5.56 Å². The molecule has 8 heteroatoms. The number of benzene rings is 2. The Labute approximate surface area is 165 Å². The highest BCUT2D eigenvalue weighted by Gasteiger charge is 2.30. The Bertz CT molecular complexity index is 989. The lowest BCUT2D eigenvalue weighted by Gasteiger charge is -2.12. The molecule has 0 aliphatic heterocycles. The van der Waals surface area contributed by atoms with Gasteiger partial charge < -0.3 is 15.8 Å². The zero-order valence-electron chi connectivity index (χ0n) is 15.2. The van der Waals surface area contributed by atoms with Crippen molar-refractivity contribution in [2.45, 2.75) is 19.3 Å². The minimum absolute atomic E-state index is 0.00322. The van der Waals surface area contributed by atoms with Crippen molar-refractivity contribution in [3.05, 3.63) is 89.1 Å². The molecule has 0 atom stereocenters.